The van der Waals surface area contributed by atoms with Gasteiger partial charge >= 0.3 is 5.97 Å². The van der Waals surface area contributed by atoms with Gasteiger partial charge in [0.15, 0.2) is 5.88 Å². The molecule has 0 aliphatic carbocycles. The monoisotopic (exact) mass is 457 g/mol. The molecule has 0 saturated carbocycles. The molecule has 0 atom stereocenters. The number of nitrogens with zero attached hydrogens (tertiary/aromatic N) is 4. The summed E-state index contributed by atoms with van der Waals surface area (Å²) in [7, 11) is 3.18. The van der Waals surface area contributed by atoms with E-state index >= 15 is 0 Å². The van der Waals surface area contributed by atoms with Crippen LogP contribution in [-0.2, 0) is 18.3 Å². The van der Waals surface area contributed by atoms with Gasteiger partial charge < -0.3 is 14.8 Å². The van der Waals surface area contributed by atoms with Gasteiger partial charge in [-0.2, -0.15) is 5.10 Å². The lowest BCUT2D eigenvalue weighted by atomic mass is 10.0. The number of likely N-dealkylation sites (tertiary alicyclic amines) is 1. The molecule has 1 aliphatic rings. The highest BCUT2D eigenvalue weighted by Gasteiger charge is 2.21. The number of benzene rings is 2. The van der Waals surface area contributed by atoms with Gasteiger partial charge in [0.1, 0.15) is 0 Å². The Bertz CT molecular complexity index is 1380. The number of nitrogens with one attached hydrogen (secondary N) is 1. The van der Waals surface area contributed by atoms with Crippen LogP contribution in [0.4, 0.5) is 5.69 Å². The fraction of sp³-hybridized carbons (Fsp3) is 0.269. The smallest absolute Gasteiger partial charge is 0.337 e. The first-order valence-corrected chi connectivity index (χ1v) is 11.3. The van der Waals surface area contributed by atoms with E-state index < -0.39 is 5.97 Å². The summed E-state index contributed by atoms with van der Waals surface area (Å²) in [6.07, 6.45) is 6.07. The van der Waals surface area contributed by atoms with Crippen LogP contribution in [0, 0.1) is 0 Å². The normalized spacial score (nSPS) is 14.7. The highest BCUT2D eigenvalue weighted by Crippen LogP contribution is 2.32. The minimum atomic E-state index is -0.442. The highest BCUT2D eigenvalue weighted by molar-refractivity contribution is 6.22. The number of aromatic hydroxyl groups is 1. The van der Waals surface area contributed by atoms with Crippen LogP contribution in [0.1, 0.15) is 39.9 Å². The molecule has 5 rings (SSSR count). The molecule has 174 valence electrons. The number of rotatable bonds is 6. The quantitative estimate of drug-likeness (QED) is 0.335. The first-order chi connectivity index (χ1) is 16.5. The third kappa shape index (κ3) is 4.32. The Kier molecular flexibility index (Phi) is 5.90. The predicted octanol–water partition coefficient (Wildman–Crippen LogP) is 4.16. The first-order valence-electron chi connectivity index (χ1n) is 11.3. The molecule has 2 N–H and O–H groups in total. The number of hydrogen-bond donors (Lipinski definition) is 2. The summed E-state index contributed by atoms with van der Waals surface area (Å²) in [6, 6.07) is 13.3. The first kappa shape index (κ1) is 21.9. The van der Waals surface area contributed by atoms with Crippen LogP contribution in [0.15, 0.2) is 59.9 Å². The van der Waals surface area contributed by atoms with Crippen LogP contribution in [0.3, 0.4) is 0 Å². The summed E-state index contributed by atoms with van der Waals surface area (Å²) in [5.41, 5.74) is 4.91. The highest BCUT2D eigenvalue weighted by atomic mass is 16.5. The van der Waals surface area contributed by atoms with Crippen LogP contribution in [0.25, 0.3) is 10.9 Å². The van der Waals surface area contributed by atoms with Crippen LogP contribution >= 0.6 is 0 Å². The standard InChI is InChI=1S/C26H27N5O3/c1-30-16-19(14-27-30)24(28-20-7-5-6-17(12-20)15-31-10-3-4-11-31)23-21-13-18(26(33)34-2)8-9-22(21)29-25(23)32/h5-9,12-14,16,29,32H,3-4,10-11,15H2,1-2H3. The Balaban J connectivity index is 1.63. The molecular formula is C26H27N5O3. The van der Waals surface area contributed by atoms with Crippen molar-refractivity contribution in [2.45, 2.75) is 19.4 Å². The number of H-pyrrole nitrogens is 1. The number of aliphatic imine (C=N–C) groups is 1. The van der Waals surface area contributed by atoms with Crippen molar-refractivity contribution in [1.29, 1.82) is 0 Å². The van der Waals surface area contributed by atoms with Gasteiger partial charge in [-0.25, -0.2) is 9.79 Å². The van der Waals surface area contributed by atoms with E-state index in [0.717, 1.165) is 30.9 Å². The molecule has 4 aromatic rings. The number of carbonyl (C=O) groups is 1. The van der Waals surface area contributed by atoms with Crippen LogP contribution in [0.5, 0.6) is 5.88 Å². The summed E-state index contributed by atoms with van der Waals surface area (Å²) in [6.45, 7) is 3.15. The molecule has 1 fully saturated rings. The van der Waals surface area contributed by atoms with Gasteiger partial charge in [0.05, 0.1) is 35.8 Å². The number of aryl methyl sites for hydroxylation is 1. The number of carbonyl (C=O) groups excluding carboxylic acids is 1. The van der Waals surface area contributed by atoms with Crippen molar-refractivity contribution in [3.8, 4) is 5.88 Å². The molecule has 1 aliphatic heterocycles. The van der Waals surface area contributed by atoms with Crippen molar-refractivity contribution >= 4 is 28.3 Å². The molecule has 8 nitrogen and oxygen atoms in total. The molecular weight excluding hydrogens is 430 g/mol. The lowest BCUT2D eigenvalue weighted by Crippen LogP contribution is -2.18. The minimum absolute atomic E-state index is 0.0205. The fourth-order valence-electron chi connectivity index (χ4n) is 4.52. The van der Waals surface area contributed by atoms with E-state index in [0.29, 0.717) is 27.7 Å². The van der Waals surface area contributed by atoms with Crippen LogP contribution in [0.2, 0.25) is 0 Å². The zero-order chi connectivity index (χ0) is 23.7. The van der Waals surface area contributed by atoms with E-state index in [4.69, 9.17) is 9.73 Å². The zero-order valence-electron chi connectivity index (χ0n) is 19.3. The summed E-state index contributed by atoms with van der Waals surface area (Å²) in [5, 5.41) is 15.9. The van der Waals surface area contributed by atoms with Gasteiger partial charge in [-0.15, -0.1) is 0 Å². The number of fused-ring (bicyclic) bond motifs is 1. The van der Waals surface area contributed by atoms with Crippen molar-refractivity contribution < 1.29 is 14.6 Å². The average molecular weight is 458 g/mol. The maximum absolute atomic E-state index is 12.1. The molecule has 0 spiro atoms. The Morgan fingerprint density at radius 2 is 2.00 bits per heavy atom. The van der Waals surface area contributed by atoms with Gasteiger partial charge in [-0.1, -0.05) is 12.1 Å². The number of aromatic amines is 1. The molecule has 0 bridgehead atoms. The largest absolute Gasteiger partial charge is 0.494 e. The van der Waals surface area contributed by atoms with Crippen LogP contribution < -0.4 is 0 Å². The molecule has 8 heteroatoms. The predicted molar refractivity (Wildman–Crippen MR) is 131 cm³/mol. The summed E-state index contributed by atoms with van der Waals surface area (Å²) in [4.78, 5) is 22.6. The zero-order valence-corrected chi connectivity index (χ0v) is 19.3. The van der Waals surface area contributed by atoms with Crippen molar-refractivity contribution in [3.05, 3.63) is 77.1 Å². The van der Waals surface area contributed by atoms with E-state index in [-0.39, 0.29) is 5.88 Å². The van der Waals surface area contributed by atoms with E-state index in [9.17, 15) is 9.90 Å². The molecule has 0 radical (unpaired) electrons. The average Bonchev–Trinajstić information content (AvgIpc) is 3.57. The van der Waals surface area contributed by atoms with Gasteiger partial charge in [-0.05, 0) is 61.8 Å². The van der Waals surface area contributed by atoms with E-state index in [1.807, 2.05) is 25.4 Å². The molecule has 2 aromatic heterocycles. The van der Waals surface area contributed by atoms with Gasteiger partial charge in [-0.3, -0.25) is 9.58 Å². The second kappa shape index (κ2) is 9.15. The molecule has 3 heterocycles. The third-order valence-electron chi connectivity index (χ3n) is 6.17. The fourth-order valence-corrected chi connectivity index (χ4v) is 4.52. The Morgan fingerprint density at radius 1 is 1.18 bits per heavy atom. The second-order valence-electron chi connectivity index (χ2n) is 8.62. The molecule has 0 unspecified atom stereocenters. The molecule has 0 amide bonds. The van der Waals surface area contributed by atoms with Gasteiger partial charge in [0, 0.05) is 36.3 Å². The van der Waals surface area contributed by atoms with Crippen molar-refractivity contribution in [2.24, 2.45) is 12.0 Å². The maximum atomic E-state index is 12.1. The second-order valence-corrected chi connectivity index (χ2v) is 8.62. The number of ether oxygens (including phenoxy) is 1. The van der Waals surface area contributed by atoms with Crippen molar-refractivity contribution in [2.75, 3.05) is 20.2 Å². The summed E-state index contributed by atoms with van der Waals surface area (Å²) >= 11 is 0. The summed E-state index contributed by atoms with van der Waals surface area (Å²) < 4.78 is 6.58. The van der Waals surface area contributed by atoms with E-state index in [2.05, 4.69) is 27.1 Å². The number of aromatic nitrogens is 3. The van der Waals surface area contributed by atoms with Crippen molar-refractivity contribution in [3.63, 3.8) is 0 Å². The SMILES string of the molecule is COC(=O)c1ccc2[nH]c(O)c(C(=Nc3cccc(CN4CCCC4)c3)c3cnn(C)c3)c2c1. The van der Waals surface area contributed by atoms with E-state index in [1.165, 1.54) is 25.5 Å². The Morgan fingerprint density at radius 3 is 2.74 bits per heavy atom. The van der Waals surface area contributed by atoms with Gasteiger partial charge in [0.25, 0.3) is 0 Å². The minimum Gasteiger partial charge on any atom is -0.494 e. The lowest BCUT2D eigenvalue weighted by Gasteiger charge is -2.14. The van der Waals surface area contributed by atoms with E-state index in [1.54, 1.807) is 29.1 Å². The third-order valence-corrected chi connectivity index (χ3v) is 6.17. The lowest BCUT2D eigenvalue weighted by molar-refractivity contribution is 0.0601. The number of hydrogen-bond acceptors (Lipinski definition) is 6. The Hall–Kier alpha value is -3.91. The van der Waals surface area contributed by atoms with Crippen molar-refractivity contribution in [1.82, 2.24) is 19.7 Å². The summed E-state index contributed by atoms with van der Waals surface area (Å²) in [5.74, 6) is -0.462. The maximum Gasteiger partial charge on any atom is 0.337 e. The number of esters is 1. The Labute approximate surface area is 197 Å². The van der Waals surface area contributed by atoms with Crippen LogP contribution in [-0.4, -0.2) is 56.7 Å². The molecule has 34 heavy (non-hydrogen) atoms. The topological polar surface area (TPSA) is 95.7 Å². The molecule has 2 aromatic carbocycles. The van der Waals surface area contributed by atoms with Gasteiger partial charge in [0.2, 0.25) is 0 Å². The number of methoxy groups -OCH3 is 1. The molecule has 1 saturated heterocycles.